The van der Waals surface area contributed by atoms with Crippen molar-refractivity contribution in [1.82, 2.24) is 4.90 Å². The van der Waals surface area contributed by atoms with Crippen LogP contribution in [0, 0.1) is 0 Å². The standard InChI is InChI=1S/C24H35NO2.ClH/c1-19(2)21-15-13-20(14-16-21)9-5-6-10-22-11-7-8-12-24(22)27-18-23(26)17-25(3)4;/h7-8,11-16,19,23,26H,5-6,9-10,17-18H2,1-4H3;1H. The number of unbranched alkanes of at least 4 members (excludes halogenated alkanes) is 1. The fourth-order valence-electron chi connectivity index (χ4n) is 3.23. The minimum Gasteiger partial charge on any atom is -0.491 e. The Kier molecular flexibility index (Phi) is 11.2. The highest BCUT2D eigenvalue weighted by atomic mass is 35.5. The van der Waals surface area contributed by atoms with E-state index in [1.165, 1.54) is 23.1 Å². The highest BCUT2D eigenvalue weighted by molar-refractivity contribution is 5.85. The molecule has 4 heteroatoms. The fraction of sp³-hybridized carbons (Fsp3) is 0.500. The van der Waals surface area contributed by atoms with Crippen molar-refractivity contribution < 1.29 is 9.84 Å². The molecular formula is C24H36ClNO2. The summed E-state index contributed by atoms with van der Waals surface area (Å²) in [7, 11) is 3.90. The number of aliphatic hydroxyl groups excluding tert-OH is 1. The van der Waals surface area contributed by atoms with Gasteiger partial charge in [-0.25, -0.2) is 0 Å². The van der Waals surface area contributed by atoms with Crippen molar-refractivity contribution in [2.24, 2.45) is 0 Å². The first-order valence-electron chi connectivity index (χ1n) is 10.1. The maximum atomic E-state index is 10.00. The van der Waals surface area contributed by atoms with Crippen LogP contribution in [0.4, 0.5) is 0 Å². The minimum atomic E-state index is -0.470. The van der Waals surface area contributed by atoms with Gasteiger partial charge in [0, 0.05) is 6.54 Å². The van der Waals surface area contributed by atoms with E-state index in [1.54, 1.807) is 0 Å². The molecule has 2 aromatic rings. The lowest BCUT2D eigenvalue weighted by Gasteiger charge is -2.18. The van der Waals surface area contributed by atoms with E-state index in [0.717, 1.165) is 25.0 Å². The quantitative estimate of drug-likeness (QED) is 0.528. The summed E-state index contributed by atoms with van der Waals surface area (Å²) in [5.74, 6) is 1.49. The van der Waals surface area contributed by atoms with Crippen LogP contribution in [-0.4, -0.2) is 43.4 Å². The lowest BCUT2D eigenvalue weighted by atomic mass is 9.99. The molecule has 2 aromatic carbocycles. The van der Waals surface area contributed by atoms with Crippen molar-refractivity contribution in [3.8, 4) is 5.75 Å². The second-order valence-corrected chi connectivity index (χ2v) is 7.94. The number of likely N-dealkylation sites (N-methyl/N-ethyl adjacent to an activating group) is 1. The van der Waals surface area contributed by atoms with Gasteiger partial charge in [-0.1, -0.05) is 56.3 Å². The molecule has 0 saturated carbocycles. The summed E-state index contributed by atoms with van der Waals surface area (Å²) >= 11 is 0. The predicted molar refractivity (Wildman–Crippen MR) is 121 cm³/mol. The third-order valence-electron chi connectivity index (χ3n) is 4.79. The van der Waals surface area contributed by atoms with Crippen LogP contribution in [0.5, 0.6) is 5.75 Å². The van der Waals surface area contributed by atoms with E-state index in [0.29, 0.717) is 19.1 Å². The van der Waals surface area contributed by atoms with E-state index >= 15 is 0 Å². The third-order valence-corrected chi connectivity index (χ3v) is 4.79. The zero-order chi connectivity index (χ0) is 19.6. The Balaban J connectivity index is 0.00000392. The Morgan fingerprint density at radius 1 is 0.929 bits per heavy atom. The van der Waals surface area contributed by atoms with Crippen LogP contribution in [-0.2, 0) is 12.8 Å². The second-order valence-electron chi connectivity index (χ2n) is 7.94. The van der Waals surface area contributed by atoms with Crippen molar-refractivity contribution in [3.63, 3.8) is 0 Å². The van der Waals surface area contributed by atoms with Crippen LogP contribution in [0.1, 0.15) is 49.3 Å². The Morgan fingerprint density at radius 3 is 2.21 bits per heavy atom. The molecule has 0 saturated heterocycles. The van der Waals surface area contributed by atoms with Crippen LogP contribution in [0.15, 0.2) is 48.5 Å². The number of ether oxygens (including phenoxy) is 1. The molecule has 1 N–H and O–H groups in total. The molecule has 0 aliphatic carbocycles. The number of para-hydroxylation sites is 1. The molecule has 0 aliphatic heterocycles. The van der Waals surface area contributed by atoms with Crippen LogP contribution < -0.4 is 4.74 Å². The van der Waals surface area contributed by atoms with E-state index < -0.39 is 6.10 Å². The summed E-state index contributed by atoms with van der Waals surface area (Å²) in [6.45, 7) is 5.40. The number of nitrogens with zero attached hydrogens (tertiary/aromatic N) is 1. The van der Waals surface area contributed by atoms with E-state index in [4.69, 9.17) is 4.74 Å². The Bertz CT molecular complexity index is 671. The molecule has 0 fully saturated rings. The average molecular weight is 406 g/mol. The molecule has 156 valence electrons. The first-order valence-corrected chi connectivity index (χ1v) is 10.1. The average Bonchev–Trinajstić information content (AvgIpc) is 2.64. The zero-order valence-electron chi connectivity index (χ0n) is 17.7. The summed E-state index contributed by atoms with van der Waals surface area (Å²) in [5, 5.41) is 10.00. The van der Waals surface area contributed by atoms with Crippen LogP contribution in [0.3, 0.4) is 0 Å². The van der Waals surface area contributed by atoms with E-state index in [9.17, 15) is 5.11 Å². The van der Waals surface area contributed by atoms with Gasteiger partial charge in [0.25, 0.3) is 0 Å². The molecule has 0 bridgehead atoms. The van der Waals surface area contributed by atoms with Crippen molar-refractivity contribution in [2.75, 3.05) is 27.2 Å². The zero-order valence-corrected chi connectivity index (χ0v) is 18.5. The number of halogens is 1. The maximum absolute atomic E-state index is 10.00. The molecule has 1 unspecified atom stereocenters. The smallest absolute Gasteiger partial charge is 0.122 e. The molecule has 1 atom stereocenters. The van der Waals surface area contributed by atoms with Gasteiger partial charge in [-0.15, -0.1) is 12.4 Å². The molecule has 0 aliphatic rings. The molecular weight excluding hydrogens is 370 g/mol. The van der Waals surface area contributed by atoms with Gasteiger partial charge in [-0.05, 0) is 68.5 Å². The first-order chi connectivity index (χ1) is 13.0. The van der Waals surface area contributed by atoms with Gasteiger partial charge in [0.1, 0.15) is 18.5 Å². The third kappa shape index (κ3) is 8.64. The Morgan fingerprint density at radius 2 is 1.57 bits per heavy atom. The summed E-state index contributed by atoms with van der Waals surface area (Å²) in [6.07, 6.45) is 3.94. The van der Waals surface area contributed by atoms with Gasteiger partial charge < -0.3 is 14.7 Å². The van der Waals surface area contributed by atoms with Crippen molar-refractivity contribution in [2.45, 2.75) is 51.6 Å². The number of hydrogen-bond donors (Lipinski definition) is 1. The van der Waals surface area contributed by atoms with Gasteiger partial charge >= 0.3 is 0 Å². The second kappa shape index (κ2) is 12.8. The van der Waals surface area contributed by atoms with E-state index in [2.05, 4.69) is 50.2 Å². The van der Waals surface area contributed by atoms with Crippen molar-refractivity contribution >= 4 is 12.4 Å². The molecule has 0 aromatic heterocycles. The highest BCUT2D eigenvalue weighted by Crippen LogP contribution is 2.21. The van der Waals surface area contributed by atoms with Crippen LogP contribution in [0.25, 0.3) is 0 Å². The molecule has 0 heterocycles. The lowest BCUT2D eigenvalue weighted by Crippen LogP contribution is -2.30. The van der Waals surface area contributed by atoms with Gasteiger partial charge in [-0.3, -0.25) is 0 Å². The lowest BCUT2D eigenvalue weighted by molar-refractivity contribution is 0.0827. The molecule has 0 radical (unpaired) electrons. The highest BCUT2D eigenvalue weighted by Gasteiger charge is 2.09. The summed E-state index contributed by atoms with van der Waals surface area (Å²) < 4.78 is 5.87. The number of rotatable bonds is 11. The van der Waals surface area contributed by atoms with Gasteiger partial charge in [-0.2, -0.15) is 0 Å². The summed E-state index contributed by atoms with van der Waals surface area (Å²) in [6, 6.07) is 17.2. The van der Waals surface area contributed by atoms with Gasteiger partial charge in [0.05, 0.1) is 0 Å². The van der Waals surface area contributed by atoms with Crippen molar-refractivity contribution in [1.29, 1.82) is 0 Å². The first kappa shape index (κ1) is 24.5. The largest absolute Gasteiger partial charge is 0.491 e. The number of aryl methyl sites for hydroxylation is 2. The molecule has 28 heavy (non-hydrogen) atoms. The number of aliphatic hydroxyl groups is 1. The maximum Gasteiger partial charge on any atom is 0.122 e. The minimum absolute atomic E-state index is 0. The normalized spacial score (nSPS) is 12.1. The summed E-state index contributed by atoms with van der Waals surface area (Å²) in [5.41, 5.74) is 4.04. The van der Waals surface area contributed by atoms with Gasteiger partial charge in [0.2, 0.25) is 0 Å². The monoisotopic (exact) mass is 405 g/mol. The van der Waals surface area contributed by atoms with Gasteiger partial charge in [0.15, 0.2) is 0 Å². The predicted octanol–water partition coefficient (Wildman–Crippen LogP) is 5.10. The SMILES string of the molecule is CC(C)c1ccc(CCCCc2ccccc2OCC(O)CN(C)C)cc1.Cl. The number of benzene rings is 2. The van der Waals surface area contributed by atoms with E-state index in [-0.39, 0.29) is 12.4 Å². The topological polar surface area (TPSA) is 32.7 Å². The fourth-order valence-corrected chi connectivity index (χ4v) is 3.23. The van der Waals surface area contributed by atoms with E-state index in [1.807, 2.05) is 31.1 Å². The molecule has 0 spiro atoms. The molecule has 3 nitrogen and oxygen atoms in total. The molecule has 0 amide bonds. The van der Waals surface area contributed by atoms with Crippen LogP contribution >= 0.6 is 12.4 Å². The summed E-state index contributed by atoms with van der Waals surface area (Å²) in [4.78, 5) is 1.97. The van der Waals surface area contributed by atoms with Crippen LogP contribution in [0.2, 0.25) is 0 Å². The number of hydrogen-bond acceptors (Lipinski definition) is 3. The molecule has 2 rings (SSSR count). The van der Waals surface area contributed by atoms with Crippen molar-refractivity contribution in [3.05, 3.63) is 65.2 Å². The Labute approximate surface area is 177 Å². The Hall–Kier alpha value is -1.55.